The molecule has 0 saturated carbocycles. The van der Waals surface area contributed by atoms with Crippen molar-refractivity contribution in [3.05, 3.63) is 66.2 Å². The largest absolute Gasteiger partial charge is 0.507 e. The second kappa shape index (κ2) is 5.93. The molecule has 20 heavy (non-hydrogen) atoms. The Hall–Kier alpha value is -2.75. The Morgan fingerprint density at radius 3 is 2.55 bits per heavy atom. The van der Waals surface area contributed by atoms with E-state index in [1.165, 1.54) is 24.3 Å². The molecular formula is C16H14O4. The summed E-state index contributed by atoms with van der Waals surface area (Å²) in [7, 11) is 0. The molecule has 0 aliphatic rings. The van der Waals surface area contributed by atoms with Crippen molar-refractivity contribution in [3.8, 4) is 17.2 Å². The molecule has 2 aromatic carbocycles. The fourth-order valence-corrected chi connectivity index (χ4v) is 1.74. The lowest BCUT2D eigenvalue weighted by Gasteiger charge is -2.08. The number of phenols is 2. The van der Waals surface area contributed by atoms with Crippen molar-refractivity contribution in [2.75, 3.05) is 0 Å². The molecule has 0 bridgehead atoms. The molecule has 0 amide bonds. The zero-order chi connectivity index (χ0) is 14.5. The Morgan fingerprint density at radius 1 is 1.15 bits per heavy atom. The minimum absolute atomic E-state index is 0.0436. The lowest BCUT2D eigenvalue weighted by atomic mass is 10.1. The summed E-state index contributed by atoms with van der Waals surface area (Å²) in [5.74, 6) is -0.977. The third-order valence-corrected chi connectivity index (χ3v) is 2.73. The summed E-state index contributed by atoms with van der Waals surface area (Å²) in [4.78, 5) is 11.9. The van der Waals surface area contributed by atoms with Crippen molar-refractivity contribution in [2.24, 2.45) is 0 Å². The maximum Gasteiger partial charge on any atom is 0.347 e. The molecule has 0 aliphatic carbocycles. The molecular weight excluding hydrogens is 256 g/mol. The van der Waals surface area contributed by atoms with Gasteiger partial charge in [-0.05, 0) is 36.2 Å². The van der Waals surface area contributed by atoms with Crippen molar-refractivity contribution >= 4 is 5.97 Å². The van der Waals surface area contributed by atoms with Gasteiger partial charge in [0.1, 0.15) is 11.3 Å². The van der Waals surface area contributed by atoms with E-state index in [2.05, 4.69) is 6.58 Å². The van der Waals surface area contributed by atoms with Crippen LogP contribution in [0.15, 0.2) is 55.1 Å². The van der Waals surface area contributed by atoms with Gasteiger partial charge in [-0.1, -0.05) is 24.3 Å². The minimum atomic E-state index is -0.727. The van der Waals surface area contributed by atoms with Crippen molar-refractivity contribution in [1.82, 2.24) is 0 Å². The van der Waals surface area contributed by atoms with Gasteiger partial charge in [-0.25, -0.2) is 4.79 Å². The molecule has 0 fully saturated rings. The topological polar surface area (TPSA) is 66.8 Å². The highest BCUT2D eigenvalue weighted by Crippen LogP contribution is 2.28. The van der Waals surface area contributed by atoms with Crippen LogP contribution in [0.5, 0.6) is 17.2 Å². The van der Waals surface area contributed by atoms with Crippen LogP contribution < -0.4 is 4.74 Å². The molecule has 0 saturated heterocycles. The van der Waals surface area contributed by atoms with E-state index in [9.17, 15) is 15.0 Å². The molecule has 0 atom stereocenters. The van der Waals surface area contributed by atoms with Crippen LogP contribution >= 0.6 is 0 Å². The number of ether oxygens (including phenoxy) is 1. The lowest BCUT2D eigenvalue weighted by Crippen LogP contribution is -2.08. The predicted octanol–water partition coefficient (Wildman–Crippen LogP) is 3.05. The number of benzene rings is 2. The van der Waals surface area contributed by atoms with E-state index < -0.39 is 5.97 Å². The minimum Gasteiger partial charge on any atom is -0.507 e. The van der Waals surface area contributed by atoms with Gasteiger partial charge in [0.05, 0.1) is 0 Å². The number of phenolic OH excluding ortho intramolecular Hbond substituents is 2. The molecule has 0 aliphatic heterocycles. The Bertz CT molecular complexity index is 647. The molecule has 102 valence electrons. The van der Waals surface area contributed by atoms with E-state index in [1.54, 1.807) is 24.3 Å². The predicted molar refractivity (Wildman–Crippen MR) is 75.1 cm³/mol. The van der Waals surface area contributed by atoms with Gasteiger partial charge in [-0.3, -0.25) is 0 Å². The highest BCUT2D eigenvalue weighted by molar-refractivity contribution is 5.94. The summed E-state index contributed by atoms with van der Waals surface area (Å²) in [6.07, 6.45) is 2.32. The van der Waals surface area contributed by atoms with E-state index in [0.29, 0.717) is 6.42 Å². The molecule has 2 aromatic rings. The molecule has 0 unspecified atom stereocenters. The quantitative estimate of drug-likeness (QED) is 0.509. The van der Waals surface area contributed by atoms with Gasteiger partial charge in [0.25, 0.3) is 0 Å². The van der Waals surface area contributed by atoms with Crippen LogP contribution in [-0.2, 0) is 6.42 Å². The fraction of sp³-hybridized carbons (Fsp3) is 0.0625. The van der Waals surface area contributed by atoms with E-state index in [0.717, 1.165) is 5.56 Å². The Kier molecular flexibility index (Phi) is 4.05. The summed E-state index contributed by atoms with van der Waals surface area (Å²) in [5, 5.41) is 19.4. The summed E-state index contributed by atoms with van der Waals surface area (Å²) in [6, 6.07) is 10.8. The van der Waals surface area contributed by atoms with E-state index in [4.69, 9.17) is 4.74 Å². The van der Waals surface area contributed by atoms with Crippen LogP contribution in [0.2, 0.25) is 0 Å². The molecule has 0 spiro atoms. The summed E-state index contributed by atoms with van der Waals surface area (Å²) >= 11 is 0. The average molecular weight is 270 g/mol. The number of allylic oxidation sites excluding steroid dienone is 1. The fourth-order valence-electron chi connectivity index (χ4n) is 1.74. The molecule has 4 nitrogen and oxygen atoms in total. The summed E-state index contributed by atoms with van der Waals surface area (Å²) in [5.41, 5.74) is 0.905. The number of esters is 1. The monoisotopic (exact) mass is 270 g/mol. The van der Waals surface area contributed by atoms with Gasteiger partial charge in [0, 0.05) is 0 Å². The highest BCUT2D eigenvalue weighted by atomic mass is 16.5. The van der Waals surface area contributed by atoms with Crippen LogP contribution in [0, 0.1) is 0 Å². The van der Waals surface area contributed by atoms with Crippen LogP contribution in [0.3, 0.4) is 0 Å². The maximum absolute atomic E-state index is 11.9. The lowest BCUT2D eigenvalue weighted by molar-refractivity contribution is 0.0726. The number of carbonyl (C=O) groups excluding carboxylic acids is 1. The second-order valence-corrected chi connectivity index (χ2v) is 4.20. The zero-order valence-corrected chi connectivity index (χ0v) is 10.7. The number of para-hydroxylation sites is 1. The third-order valence-electron chi connectivity index (χ3n) is 2.73. The smallest absolute Gasteiger partial charge is 0.347 e. The number of hydrogen-bond donors (Lipinski definition) is 2. The van der Waals surface area contributed by atoms with E-state index in [-0.39, 0.29) is 22.8 Å². The third kappa shape index (κ3) is 2.98. The van der Waals surface area contributed by atoms with Gasteiger partial charge in [-0.2, -0.15) is 0 Å². The average Bonchev–Trinajstić information content (AvgIpc) is 2.42. The summed E-state index contributed by atoms with van der Waals surface area (Å²) < 4.78 is 5.07. The van der Waals surface area contributed by atoms with Crippen molar-refractivity contribution in [1.29, 1.82) is 0 Å². The molecule has 0 aromatic heterocycles. The number of hydrogen-bond acceptors (Lipinski definition) is 4. The standard InChI is InChI=1S/C16H14O4/c1-2-5-11-8-9-15(14(18)10-11)20-16(19)12-6-3-4-7-13(12)17/h2-4,6-10,17-18H,1,5H2. The second-order valence-electron chi connectivity index (χ2n) is 4.20. The molecule has 2 N–H and O–H groups in total. The van der Waals surface area contributed by atoms with Crippen molar-refractivity contribution in [3.63, 3.8) is 0 Å². The Balaban J connectivity index is 2.20. The van der Waals surface area contributed by atoms with E-state index in [1.807, 2.05) is 0 Å². The zero-order valence-electron chi connectivity index (χ0n) is 10.7. The summed E-state index contributed by atoms with van der Waals surface area (Å²) in [6.45, 7) is 3.61. The van der Waals surface area contributed by atoms with Gasteiger partial charge in [0.15, 0.2) is 11.5 Å². The SMILES string of the molecule is C=CCc1ccc(OC(=O)c2ccccc2O)c(O)c1. The van der Waals surface area contributed by atoms with Crippen molar-refractivity contribution in [2.45, 2.75) is 6.42 Å². The highest BCUT2D eigenvalue weighted by Gasteiger charge is 2.15. The number of aromatic hydroxyl groups is 2. The first-order valence-electron chi connectivity index (χ1n) is 6.05. The first kappa shape index (κ1) is 13.7. The van der Waals surface area contributed by atoms with Crippen LogP contribution in [0.25, 0.3) is 0 Å². The Labute approximate surface area is 116 Å². The molecule has 2 rings (SSSR count). The normalized spacial score (nSPS) is 10.0. The molecule has 0 heterocycles. The van der Waals surface area contributed by atoms with E-state index >= 15 is 0 Å². The van der Waals surface area contributed by atoms with Crippen LogP contribution in [0.4, 0.5) is 0 Å². The van der Waals surface area contributed by atoms with Gasteiger partial charge in [-0.15, -0.1) is 6.58 Å². The van der Waals surface area contributed by atoms with Crippen LogP contribution in [0.1, 0.15) is 15.9 Å². The Morgan fingerprint density at radius 2 is 1.90 bits per heavy atom. The van der Waals surface area contributed by atoms with Crippen molar-refractivity contribution < 1.29 is 19.7 Å². The van der Waals surface area contributed by atoms with Gasteiger partial charge >= 0.3 is 5.97 Å². The van der Waals surface area contributed by atoms with Crippen LogP contribution in [-0.4, -0.2) is 16.2 Å². The number of rotatable bonds is 4. The van der Waals surface area contributed by atoms with Gasteiger partial charge < -0.3 is 14.9 Å². The first-order chi connectivity index (χ1) is 9.61. The first-order valence-corrected chi connectivity index (χ1v) is 6.05. The number of carbonyl (C=O) groups is 1. The molecule has 0 radical (unpaired) electrons. The molecule has 4 heteroatoms. The maximum atomic E-state index is 11.9. The van der Waals surface area contributed by atoms with Gasteiger partial charge in [0.2, 0.25) is 0 Å².